The molecule has 2 nitrogen and oxygen atoms in total. The van der Waals surface area contributed by atoms with Crippen molar-refractivity contribution in [3.05, 3.63) is 70.2 Å². The van der Waals surface area contributed by atoms with Crippen LogP contribution in [-0.2, 0) is 5.41 Å². The van der Waals surface area contributed by atoms with Gasteiger partial charge in [0.15, 0.2) is 0 Å². The summed E-state index contributed by atoms with van der Waals surface area (Å²) in [5.41, 5.74) is 3.12. The molecule has 0 unspecified atom stereocenters. The molecule has 3 heteroatoms. The molecule has 0 bridgehead atoms. The van der Waals surface area contributed by atoms with Crippen molar-refractivity contribution >= 4 is 17.5 Å². The van der Waals surface area contributed by atoms with Gasteiger partial charge in [-0.1, -0.05) is 41.9 Å². The molecule has 0 atom stereocenters. The van der Waals surface area contributed by atoms with Gasteiger partial charge in [-0.2, -0.15) is 0 Å². The Hall–Kier alpha value is -1.80. The van der Waals surface area contributed by atoms with E-state index >= 15 is 0 Å². The zero-order valence-electron chi connectivity index (χ0n) is 12.0. The molecule has 1 amide bonds. The summed E-state index contributed by atoms with van der Waals surface area (Å²) in [4.78, 5) is 12.3. The molecule has 2 aromatic carbocycles. The average Bonchev–Trinajstić information content (AvgIpc) is 3.27. The number of carbonyl (C=O) groups excluding carboxylic acids is 1. The van der Waals surface area contributed by atoms with E-state index in [0.717, 1.165) is 29.0 Å². The standard InChI is InChI=1S/C18H18ClNO/c1-13-4-2-3-5-16(13)17(21)20-12-18(10-11-18)14-6-8-15(19)9-7-14/h2-9H,10-12H2,1H3,(H,20,21). The zero-order chi connectivity index (χ0) is 14.9. The molecule has 21 heavy (non-hydrogen) atoms. The first-order chi connectivity index (χ1) is 10.1. The quantitative estimate of drug-likeness (QED) is 0.904. The van der Waals surface area contributed by atoms with Crippen LogP contribution in [0, 0.1) is 6.92 Å². The fraction of sp³-hybridized carbons (Fsp3) is 0.278. The van der Waals surface area contributed by atoms with Gasteiger partial charge in [-0.25, -0.2) is 0 Å². The van der Waals surface area contributed by atoms with E-state index in [4.69, 9.17) is 11.6 Å². The number of hydrogen-bond acceptors (Lipinski definition) is 1. The number of carbonyl (C=O) groups is 1. The minimum Gasteiger partial charge on any atom is -0.351 e. The topological polar surface area (TPSA) is 29.1 Å². The lowest BCUT2D eigenvalue weighted by Gasteiger charge is -2.17. The number of aryl methyl sites for hydroxylation is 1. The summed E-state index contributed by atoms with van der Waals surface area (Å²) >= 11 is 5.94. The van der Waals surface area contributed by atoms with E-state index in [1.54, 1.807) is 0 Å². The van der Waals surface area contributed by atoms with E-state index in [9.17, 15) is 4.79 Å². The molecular formula is C18H18ClNO. The molecule has 1 N–H and O–H groups in total. The second kappa shape index (κ2) is 5.53. The van der Waals surface area contributed by atoms with Gasteiger partial charge >= 0.3 is 0 Å². The SMILES string of the molecule is Cc1ccccc1C(=O)NCC1(c2ccc(Cl)cc2)CC1. The third-order valence-electron chi connectivity index (χ3n) is 4.29. The zero-order valence-corrected chi connectivity index (χ0v) is 12.8. The monoisotopic (exact) mass is 299 g/mol. The first-order valence-electron chi connectivity index (χ1n) is 7.21. The highest BCUT2D eigenvalue weighted by Gasteiger charge is 2.44. The molecule has 3 rings (SSSR count). The van der Waals surface area contributed by atoms with Gasteiger partial charge < -0.3 is 5.32 Å². The number of benzene rings is 2. The molecule has 0 heterocycles. The number of halogens is 1. The minimum absolute atomic E-state index is 0.00772. The van der Waals surface area contributed by atoms with E-state index in [1.807, 2.05) is 43.3 Å². The van der Waals surface area contributed by atoms with Gasteiger partial charge in [-0.15, -0.1) is 0 Å². The molecular weight excluding hydrogens is 282 g/mol. The maximum atomic E-state index is 12.3. The summed E-state index contributed by atoms with van der Waals surface area (Å²) < 4.78 is 0. The van der Waals surface area contributed by atoms with Gasteiger partial charge in [-0.3, -0.25) is 4.79 Å². The lowest BCUT2D eigenvalue weighted by Crippen LogP contribution is -2.32. The molecule has 0 radical (unpaired) electrons. The van der Waals surface area contributed by atoms with Crippen molar-refractivity contribution in [3.63, 3.8) is 0 Å². The maximum absolute atomic E-state index is 12.3. The predicted octanol–water partition coefficient (Wildman–Crippen LogP) is 4.11. The summed E-state index contributed by atoms with van der Waals surface area (Å²) in [6.07, 6.45) is 2.23. The normalized spacial score (nSPS) is 15.5. The smallest absolute Gasteiger partial charge is 0.251 e. The summed E-state index contributed by atoms with van der Waals surface area (Å²) in [6.45, 7) is 2.64. The third kappa shape index (κ3) is 2.96. The van der Waals surface area contributed by atoms with Gasteiger partial charge in [0.05, 0.1) is 0 Å². The lowest BCUT2D eigenvalue weighted by molar-refractivity contribution is 0.0949. The molecule has 1 aliphatic carbocycles. The Balaban J connectivity index is 1.69. The fourth-order valence-corrected chi connectivity index (χ4v) is 2.82. The van der Waals surface area contributed by atoms with E-state index in [-0.39, 0.29) is 11.3 Å². The van der Waals surface area contributed by atoms with Gasteiger partial charge in [0.1, 0.15) is 0 Å². The largest absolute Gasteiger partial charge is 0.351 e. The van der Waals surface area contributed by atoms with Gasteiger partial charge in [0.25, 0.3) is 5.91 Å². The molecule has 2 aromatic rings. The second-order valence-electron chi connectivity index (χ2n) is 5.78. The molecule has 0 aliphatic heterocycles. The molecule has 0 aromatic heterocycles. The van der Waals surface area contributed by atoms with Crippen molar-refractivity contribution in [2.75, 3.05) is 6.54 Å². The highest BCUT2D eigenvalue weighted by molar-refractivity contribution is 6.30. The molecule has 108 valence electrons. The minimum atomic E-state index is 0.00772. The fourth-order valence-electron chi connectivity index (χ4n) is 2.69. The van der Waals surface area contributed by atoms with Crippen LogP contribution in [0.5, 0.6) is 0 Å². The Morgan fingerprint density at radius 2 is 1.81 bits per heavy atom. The van der Waals surface area contributed by atoms with Crippen LogP contribution in [0.2, 0.25) is 5.02 Å². The number of rotatable bonds is 4. The van der Waals surface area contributed by atoms with E-state index < -0.39 is 0 Å². The van der Waals surface area contributed by atoms with Crippen molar-refractivity contribution in [1.29, 1.82) is 0 Å². The predicted molar refractivity (Wildman–Crippen MR) is 85.9 cm³/mol. The molecule has 0 spiro atoms. The summed E-state index contributed by atoms with van der Waals surface area (Å²) in [5.74, 6) is 0.00772. The number of nitrogens with one attached hydrogen (secondary N) is 1. The van der Waals surface area contributed by atoms with Crippen LogP contribution in [-0.4, -0.2) is 12.5 Å². The first-order valence-corrected chi connectivity index (χ1v) is 7.58. The Morgan fingerprint density at radius 3 is 2.43 bits per heavy atom. The Labute approximate surface area is 130 Å². The van der Waals surface area contributed by atoms with Crippen LogP contribution in [0.4, 0.5) is 0 Å². The van der Waals surface area contributed by atoms with Crippen LogP contribution in [0.15, 0.2) is 48.5 Å². The van der Waals surface area contributed by atoms with Gasteiger partial charge in [0, 0.05) is 22.5 Å². The van der Waals surface area contributed by atoms with Crippen molar-refractivity contribution in [2.45, 2.75) is 25.2 Å². The Morgan fingerprint density at radius 1 is 1.14 bits per heavy atom. The van der Waals surface area contributed by atoms with Crippen LogP contribution in [0.1, 0.15) is 34.3 Å². The number of hydrogen-bond donors (Lipinski definition) is 1. The van der Waals surface area contributed by atoms with Crippen molar-refractivity contribution in [3.8, 4) is 0 Å². The lowest BCUT2D eigenvalue weighted by atomic mass is 9.96. The molecule has 1 saturated carbocycles. The van der Waals surface area contributed by atoms with Crippen molar-refractivity contribution < 1.29 is 4.79 Å². The third-order valence-corrected chi connectivity index (χ3v) is 4.54. The van der Waals surface area contributed by atoms with Crippen LogP contribution < -0.4 is 5.32 Å². The van der Waals surface area contributed by atoms with Crippen molar-refractivity contribution in [2.24, 2.45) is 0 Å². The average molecular weight is 300 g/mol. The van der Waals surface area contributed by atoms with Gasteiger partial charge in [0.2, 0.25) is 0 Å². The van der Waals surface area contributed by atoms with Crippen LogP contribution in [0.25, 0.3) is 0 Å². The molecule has 0 saturated heterocycles. The first kappa shape index (κ1) is 14.2. The summed E-state index contributed by atoms with van der Waals surface area (Å²) in [6, 6.07) is 15.6. The number of amides is 1. The highest BCUT2D eigenvalue weighted by Crippen LogP contribution is 2.47. The van der Waals surface area contributed by atoms with E-state index in [2.05, 4.69) is 17.4 Å². The van der Waals surface area contributed by atoms with E-state index in [1.165, 1.54) is 5.56 Å². The Kier molecular flexibility index (Phi) is 3.73. The van der Waals surface area contributed by atoms with Crippen LogP contribution >= 0.6 is 11.6 Å². The highest BCUT2D eigenvalue weighted by atomic mass is 35.5. The summed E-state index contributed by atoms with van der Waals surface area (Å²) in [5, 5.41) is 3.83. The molecule has 1 fully saturated rings. The molecule has 1 aliphatic rings. The second-order valence-corrected chi connectivity index (χ2v) is 6.22. The Bertz CT molecular complexity index is 659. The van der Waals surface area contributed by atoms with Crippen molar-refractivity contribution in [1.82, 2.24) is 5.32 Å². The summed E-state index contributed by atoms with van der Waals surface area (Å²) in [7, 11) is 0. The van der Waals surface area contributed by atoms with Crippen LogP contribution in [0.3, 0.4) is 0 Å². The van der Waals surface area contributed by atoms with E-state index in [0.29, 0.717) is 6.54 Å². The van der Waals surface area contributed by atoms with Gasteiger partial charge in [-0.05, 0) is 49.1 Å². The maximum Gasteiger partial charge on any atom is 0.251 e.